The van der Waals surface area contributed by atoms with E-state index in [4.69, 9.17) is 14.5 Å². The minimum absolute atomic E-state index is 0.120. The number of pyridine rings is 2. The van der Waals surface area contributed by atoms with Gasteiger partial charge in [-0.25, -0.2) is 0 Å². The maximum atomic E-state index is 14.7. The summed E-state index contributed by atoms with van der Waals surface area (Å²) in [5, 5.41) is 13.0. The van der Waals surface area contributed by atoms with Gasteiger partial charge in [0.05, 0.1) is 0 Å². The summed E-state index contributed by atoms with van der Waals surface area (Å²) in [6, 6.07) is 4.78. The zero-order valence-corrected chi connectivity index (χ0v) is 22.7. The van der Waals surface area contributed by atoms with Crippen molar-refractivity contribution in [1.82, 2.24) is 9.55 Å². The van der Waals surface area contributed by atoms with Gasteiger partial charge in [-0.05, 0) is 0 Å². The number of aryl methyl sites for hydroxylation is 1. The van der Waals surface area contributed by atoms with Crippen molar-refractivity contribution in [2.24, 2.45) is 0 Å². The van der Waals surface area contributed by atoms with Gasteiger partial charge < -0.3 is 0 Å². The molecule has 0 bridgehead atoms. The van der Waals surface area contributed by atoms with E-state index in [-0.39, 0.29) is 30.9 Å². The molecular formula is C26H29FGeN2O5. The number of esters is 1. The second-order valence-corrected chi connectivity index (χ2v) is 22.5. The molecule has 2 aliphatic heterocycles. The van der Waals surface area contributed by atoms with Gasteiger partial charge in [0.25, 0.3) is 0 Å². The number of halogens is 1. The summed E-state index contributed by atoms with van der Waals surface area (Å²) >= 11 is -1.94. The summed E-state index contributed by atoms with van der Waals surface area (Å²) in [6.07, 6.45) is 0.825. The summed E-state index contributed by atoms with van der Waals surface area (Å²) in [7, 11) is 1.44. The number of carbonyl (C=O) groups is 1. The van der Waals surface area contributed by atoms with E-state index >= 15 is 0 Å². The third kappa shape index (κ3) is 3.87. The number of hydrogen-bond acceptors (Lipinski definition) is 6. The molecule has 9 heteroatoms. The molecule has 7 nitrogen and oxygen atoms in total. The van der Waals surface area contributed by atoms with Crippen molar-refractivity contribution in [1.29, 1.82) is 0 Å². The van der Waals surface area contributed by atoms with E-state index in [1.54, 1.807) is 23.6 Å². The quantitative estimate of drug-likeness (QED) is 0.299. The van der Waals surface area contributed by atoms with Gasteiger partial charge in [-0.2, -0.15) is 0 Å². The van der Waals surface area contributed by atoms with Crippen molar-refractivity contribution < 1.29 is 23.8 Å². The fourth-order valence-corrected chi connectivity index (χ4v) is 7.18. The van der Waals surface area contributed by atoms with Crippen LogP contribution in [0.3, 0.4) is 0 Å². The first kappa shape index (κ1) is 24.0. The molecule has 0 fully saturated rings. The van der Waals surface area contributed by atoms with Crippen LogP contribution in [0.2, 0.25) is 22.5 Å². The second kappa shape index (κ2) is 8.16. The van der Waals surface area contributed by atoms with Crippen molar-refractivity contribution in [3.05, 3.63) is 51.1 Å². The van der Waals surface area contributed by atoms with Gasteiger partial charge in [-0.1, -0.05) is 0 Å². The van der Waals surface area contributed by atoms with E-state index in [0.29, 0.717) is 22.5 Å². The Bertz CT molecular complexity index is 1460. The van der Waals surface area contributed by atoms with Crippen LogP contribution in [0, 0.1) is 5.82 Å². The summed E-state index contributed by atoms with van der Waals surface area (Å²) in [6.45, 7) is 2.03. The van der Waals surface area contributed by atoms with Gasteiger partial charge in [0.1, 0.15) is 0 Å². The predicted molar refractivity (Wildman–Crippen MR) is 133 cm³/mol. The Labute approximate surface area is 205 Å². The summed E-state index contributed by atoms with van der Waals surface area (Å²) in [5.41, 5.74) is 1.94. The van der Waals surface area contributed by atoms with E-state index < -0.39 is 36.2 Å². The van der Waals surface area contributed by atoms with Crippen molar-refractivity contribution in [2.75, 3.05) is 7.11 Å². The number of aromatic nitrogens is 2. The standard InChI is InChI=1S/C26H29FGeN2O5/c1-6-26(33)12-22(31)35-24-17(26)10-20-23-16(13-30(20)25(24)32)14(7-8-28(2,3)4)15-9-21(34-5)18(27)11-19(15)29-23/h9-11,33H,6-8,12-13H2,1-5H3/t26-/m1/s1. The number of aliphatic hydroxyl groups is 1. The molecule has 1 aromatic carbocycles. The first-order chi connectivity index (χ1) is 16.5. The van der Waals surface area contributed by atoms with Crippen molar-refractivity contribution in [3.8, 4) is 22.9 Å². The normalized spacial score (nSPS) is 18.8. The van der Waals surface area contributed by atoms with Crippen molar-refractivity contribution >= 4 is 30.1 Å². The van der Waals surface area contributed by atoms with Gasteiger partial charge in [0.2, 0.25) is 0 Å². The van der Waals surface area contributed by atoms with Crippen LogP contribution >= 0.6 is 0 Å². The van der Waals surface area contributed by atoms with Gasteiger partial charge in [-0.15, -0.1) is 0 Å². The van der Waals surface area contributed by atoms with Crippen LogP contribution in [-0.4, -0.2) is 41.0 Å². The Kier molecular flexibility index (Phi) is 5.60. The molecule has 5 rings (SSSR count). The SMILES string of the molecule is CC[C@@]1(O)CC(=O)Oc2c1cc1n(c2=O)Cc2c-1nc1cc(F)c(OC)cc1c2C[CH2][Ge]([CH3])([CH3])[CH3]. The fraction of sp³-hybridized carbons (Fsp3) is 0.423. The zero-order chi connectivity index (χ0) is 25.3. The van der Waals surface area contributed by atoms with Crippen LogP contribution in [0.1, 0.15) is 36.5 Å². The van der Waals surface area contributed by atoms with E-state index in [2.05, 4.69) is 17.3 Å². The molecule has 1 atom stereocenters. The van der Waals surface area contributed by atoms with E-state index in [9.17, 15) is 19.1 Å². The number of carbonyl (C=O) groups excluding carboxylic acids is 1. The third-order valence-corrected chi connectivity index (χ3v) is 10.8. The Hall–Kier alpha value is -2.72. The Balaban J connectivity index is 1.79. The first-order valence-electron chi connectivity index (χ1n) is 11.9. The van der Waals surface area contributed by atoms with Crippen LogP contribution in [0.5, 0.6) is 11.5 Å². The van der Waals surface area contributed by atoms with Crippen molar-refractivity contribution in [2.45, 2.75) is 60.9 Å². The van der Waals surface area contributed by atoms with Gasteiger partial charge in [0.15, 0.2) is 0 Å². The number of methoxy groups -OCH3 is 1. The molecule has 184 valence electrons. The molecule has 0 radical (unpaired) electrons. The summed E-state index contributed by atoms with van der Waals surface area (Å²) in [5.74, 6) is 5.94. The second-order valence-electron chi connectivity index (χ2n) is 10.7. The van der Waals surface area contributed by atoms with Crippen LogP contribution < -0.4 is 15.0 Å². The molecule has 1 N–H and O–H groups in total. The Morgan fingerprint density at radius 3 is 2.66 bits per heavy atom. The van der Waals surface area contributed by atoms with E-state index in [1.165, 1.54) is 13.2 Å². The van der Waals surface area contributed by atoms with Crippen LogP contribution in [0.25, 0.3) is 22.3 Å². The molecular weight excluding hydrogens is 512 g/mol. The van der Waals surface area contributed by atoms with E-state index in [1.807, 2.05) is 0 Å². The van der Waals surface area contributed by atoms with Crippen molar-refractivity contribution in [3.63, 3.8) is 0 Å². The molecule has 0 aliphatic carbocycles. The summed E-state index contributed by atoms with van der Waals surface area (Å²) < 4.78 is 26.8. The molecule has 35 heavy (non-hydrogen) atoms. The van der Waals surface area contributed by atoms with Crippen LogP contribution in [0.4, 0.5) is 4.39 Å². The van der Waals surface area contributed by atoms with Crippen LogP contribution in [0.15, 0.2) is 23.0 Å². The average molecular weight is 541 g/mol. The Morgan fingerprint density at radius 2 is 2.00 bits per heavy atom. The number of rotatable bonds is 5. The van der Waals surface area contributed by atoms with Crippen LogP contribution in [-0.2, 0) is 23.4 Å². The molecule has 2 aliphatic rings. The molecule has 0 spiro atoms. The van der Waals surface area contributed by atoms with Gasteiger partial charge >= 0.3 is 205 Å². The maximum absolute atomic E-state index is 14.7. The van der Waals surface area contributed by atoms with Gasteiger partial charge in [0, 0.05) is 0 Å². The monoisotopic (exact) mass is 542 g/mol. The first-order valence-corrected chi connectivity index (χ1v) is 19.6. The molecule has 0 unspecified atom stereocenters. The molecule has 0 saturated heterocycles. The third-order valence-electron chi connectivity index (χ3n) is 7.16. The van der Waals surface area contributed by atoms with E-state index in [0.717, 1.165) is 28.2 Å². The number of ether oxygens (including phenoxy) is 2. The molecule has 3 aromatic rings. The molecule has 0 amide bonds. The Morgan fingerprint density at radius 1 is 1.26 bits per heavy atom. The predicted octanol–water partition coefficient (Wildman–Crippen LogP) is 4.36. The molecule has 4 heterocycles. The average Bonchev–Trinajstić information content (AvgIpc) is 3.15. The number of hydrogen-bond donors (Lipinski definition) is 1. The summed E-state index contributed by atoms with van der Waals surface area (Å²) in [4.78, 5) is 30.4. The minimum atomic E-state index is -1.94. The zero-order valence-electron chi connectivity index (χ0n) is 20.6. The topological polar surface area (TPSA) is 90.7 Å². The molecule has 0 saturated carbocycles. The number of fused-ring (bicyclic) bond motifs is 5. The molecule has 2 aromatic heterocycles. The fourth-order valence-electron chi connectivity index (χ4n) is 5.08. The van der Waals surface area contributed by atoms with Gasteiger partial charge in [-0.3, -0.25) is 0 Å². The number of nitrogens with zero attached hydrogens (tertiary/aromatic N) is 2. The number of benzene rings is 1.